The van der Waals surface area contributed by atoms with Gasteiger partial charge in [0.2, 0.25) is 5.91 Å². The summed E-state index contributed by atoms with van der Waals surface area (Å²) in [5.41, 5.74) is 5.13. The molecule has 0 aliphatic carbocycles. The Labute approximate surface area is 80.0 Å². The summed E-state index contributed by atoms with van der Waals surface area (Å²) in [5.74, 6) is -0.840. The van der Waals surface area contributed by atoms with Crippen molar-refractivity contribution in [3.63, 3.8) is 0 Å². The second kappa shape index (κ2) is 4.58. The van der Waals surface area contributed by atoms with Crippen LogP contribution < -0.4 is 5.73 Å². The average Bonchev–Trinajstić information content (AvgIpc) is 2.56. The van der Waals surface area contributed by atoms with E-state index in [0.717, 1.165) is 5.01 Å². The Kier molecular flexibility index (Phi) is 3.41. The van der Waals surface area contributed by atoms with Crippen LogP contribution in [-0.4, -0.2) is 10.9 Å². The first-order valence-electron chi connectivity index (χ1n) is 3.78. The number of primary amides is 1. The maximum absolute atomic E-state index is 10.9. The fourth-order valence-corrected chi connectivity index (χ4v) is 1.65. The zero-order valence-corrected chi connectivity index (χ0v) is 7.75. The molecule has 0 aromatic carbocycles. The van der Waals surface area contributed by atoms with Crippen molar-refractivity contribution in [3.05, 3.63) is 16.6 Å². The predicted octanol–water partition coefficient (Wildman–Crippen LogP) is 0.701. The summed E-state index contributed by atoms with van der Waals surface area (Å²) in [4.78, 5) is 14.9. The van der Waals surface area contributed by atoms with Crippen molar-refractivity contribution in [2.24, 2.45) is 11.7 Å². The summed E-state index contributed by atoms with van der Waals surface area (Å²) < 4.78 is 0. The van der Waals surface area contributed by atoms with Crippen LogP contribution in [-0.2, 0) is 11.2 Å². The largest absolute Gasteiger partial charge is 0.369 e. The smallest absolute Gasteiger partial charge is 0.221 e. The average molecular weight is 195 g/mol. The minimum Gasteiger partial charge on any atom is -0.369 e. The van der Waals surface area contributed by atoms with Crippen LogP contribution in [0.5, 0.6) is 0 Å². The van der Waals surface area contributed by atoms with Gasteiger partial charge in [-0.25, -0.2) is 4.98 Å². The molecular weight excluding hydrogens is 186 g/mol. The van der Waals surface area contributed by atoms with Crippen molar-refractivity contribution in [2.45, 2.75) is 12.8 Å². The molecule has 0 aliphatic heterocycles. The van der Waals surface area contributed by atoms with Crippen molar-refractivity contribution in [1.29, 1.82) is 5.26 Å². The monoisotopic (exact) mass is 195 g/mol. The highest BCUT2D eigenvalue weighted by Gasteiger charge is 2.16. The van der Waals surface area contributed by atoms with Gasteiger partial charge in [-0.05, 0) is 0 Å². The summed E-state index contributed by atoms with van der Waals surface area (Å²) in [7, 11) is 0. The van der Waals surface area contributed by atoms with E-state index in [-0.39, 0.29) is 6.42 Å². The lowest BCUT2D eigenvalue weighted by molar-refractivity contribution is -0.121. The molecule has 0 saturated carbocycles. The number of nitrogens with zero attached hydrogens (tertiary/aromatic N) is 2. The number of carbonyl (C=O) groups excluding carboxylic acids is 1. The van der Waals surface area contributed by atoms with Crippen LogP contribution in [0.15, 0.2) is 11.6 Å². The predicted molar refractivity (Wildman–Crippen MR) is 48.7 cm³/mol. The zero-order valence-electron chi connectivity index (χ0n) is 6.93. The molecule has 1 aromatic heterocycles. The lowest BCUT2D eigenvalue weighted by Gasteiger charge is -2.05. The number of carbonyl (C=O) groups is 1. The minimum absolute atomic E-state index is 0.162. The highest BCUT2D eigenvalue weighted by molar-refractivity contribution is 7.09. The second-order valence-electron chi connectivity index (χ2n) is 2.59. The number of hydrogen-bond acceptors (Lipinski definition) is 4. The summed E-state index contributed by atoms with van der Waals surface area (Å²) in [6, 6.07) is 1.94. The van der Waals surface area contributed by atoms with Crippen LogP contribution in [0.1, 0.15) is 11.4 Å². The maximum atomic E-state index is 10.9. The van der Waals surface area contributed by atoms with Gasteiger partial charge in [-0.15, -0.1) is 11.3 Å². The molecule has 2 N–H and O–H groups in total. The van der Waals surface area contributed by atoms with Crippen LogP contribution in [0.25, 0.3) is 0 Å². The van der Waals surface area contributed by atoms with Gasteiger partial charge in [0, 0.05) is 24.4 Å². The maximum Gasteiger partial charge on any atom is 0.221 e. The highest BCUT2D eigenvalue weighted by Crippen LogP contribution is 2.13. The Morgan fingerprint density at radius 1 is 1.85 bits per heavy atom. The molecule has 0 saturated heterocycles. The Bertz CT molecular complexity index is 315. The molecule has 0 spiro atoms. The van der Waals surface area contributed by atoms with E-state index in [1.54, 1.807) is 6.20 Å². The first-order valence-corrected chi connectivity index (χ1v) is 4.66. The molecule has 13 heavy (non-hydrogen) atoms. The Balaban J connectivity index is 2.59. The van der Waals surface area contributed by atoms with Gasteiger partial charge in [0.15, 0.2) is 0 Å². The molecule has 0 aliphatic rings. The summed E-state index contributed by atoms with van der Waals surface area (Å²) >= 11 is 1.47. The van der Waals surface area contributed by atoms with E-state index in [9.17, 15) is 4.79 Å². The lowest BCUT2D eigenvalue weighted by atomic mass is 10.0. The van der Waals surface area contributed by atoms with E-state index in [4.69, 9.17) is 11.0 Å². The normalized spacial score (nSPS) is 11.9. The molecule has 1 heterocycles. The molecule has 0 fully saturated rings. The SMILES string of the molecule is N#CCC(Cc1nccs1)C(N)=O. The molecule has 1 aromatic rings. The molecule has 4 nitrogen and oxygen atoms in total. The van der Waals surface area contributed by atoms with Crippen LogP contribution in [0.3, 0.4) is 0 Å². The van der Waals surface area contributed by atoms with Crippen molar-refractivity contribution in [3.8, 4) is 6.07 Å². The Morgan fingerprint density at radius 3 is 3.08 bits per heavy atom. The molecule has 1 atom stereocenters. The van der Waals surface area contributed by atoms with Gasteiger partial charge in [-0.3, -0.25) is 4.79 Å². The first-order chi connectivity index (χ1) is 6.24. The van der Waals surface area contributed by atoms with Crippen molar-refractivity contribution in [2.75, 3.05) is 0 Å². The van der Waals surface area contributed by atoms with E-state index in [2.05, 4.69) is 4.98 Å². The van der Waals surface area contributed by atoms with Crippen LogP contribution in [0.4, 0.5) is 0 Å². The molecule has 1 rings (SSSR count). The summed E-state index contributed by atoms with van der Waals surface area (Å²) in [5, 5.41) is 11.1. The van der Waals surface area contributed by atoms with Gasteiger partial charge < -0.3 is 5.73 Å². The molecule has 0 radical (unpaired) electrons. The molecule has 1 amide bonds. The standard InChI is InChI=1S/C8H9N3OS/c9-2-1-6(8(10)12)5-7-11-3-4-13-7/h3-4,6H,1,5H2,(H2,10,12). The molecule has 5 heteroatoms. The van der Waals surface area contributed by atoms with Gasteiger partial charge in [-0.2, -0.15) is 5.26 Å². The summed E-state index contributed by atoms with van der Waals surface area (Å²) in [6.07, 6.45) is 2.31. The van der Waals surface area contributed by atoms with Gasteiger partial charge >= 0.3 is 0 Å². The Hall–Kier alpha value is -1.41. The number of aromatic nitrogens is 1. The molecule has 0 bridgehead atoms. The third-order valence-corrected chi connectivity index (χ3v) is 2.45. The van der Waals surface area contributed by atoms with Gasteiger partial charge in [0.25, 0.3) is 0 Å². The number of nitrogens with two attached hydrogens (primary N) is 1. The van der Waals surface area contributed by atoms with Gasteiger partial charge in [-0.1, -0.05) is 0 Å². The fraction of sp³-hybridized carbons (Fsp3) is 0.375. The van der Waals surface area contributed by atoms with Crippen molar-refractivity contribution in [1.82, 2.24) is 4.98 Å². The van der Waals surface area contributed by atoms with E-state index in [1.165, 1.54) is 11.3 Å². The highest BCUT2D eigenvalue weighted by atomic mass is 32.1. The number of rotatable bonds is 4. The molecular formula is C8H9N3OS. The Morgan fingerprint density at radius 2 is 2.62 bits per heavy atom. The summed E-state index contributed by atoms with van der Waals surface area (Å²) in [6.45, 7) is 0. The van der Waals surface area contributed by atoms with E-state index < -0.39 is 11.8 Å². The third-order valence-electron chi connectivity index (χ3n) is 1.64. The van der Waals surface area contributed by atoms with Gasteiger partial charge in [0.1, 0.15) is 0 Å². The number of thiazole rings is 1. The van der Waals surface area contributed by atoms with E-state index >= 15 is 0 Å². The first kappa shape index (κ1) is 9.68. The lowest BCUT2D eigenvalue weighted by Crippen LogP contribution is -2.24. The van der Waals surface area contributed by atoms with Crippen LogP contribution in [0.2, 0.25) is 0 Å². The molecule has 68 valence electrons. The van der Waals surface area contributed by atoms with E-state index in [0.29, 0.717) is 6.42 Å². The van der Waals surface area contributed by atoms with Crippen molar-refractivity contribution >= 4 is 17.2 Å². The second-order valence-corrected chi connectivity index (χ2v) is 3.57. The number of hydrogen-bond donors (Lipinski definition) is 1. The quantitative estimate of drug-likeness (QED) is 0.768. The number of amides is 1. The third kappa shape index (κ3) is 2.84. The molecule has 1 unspecified atom stereocenters. The topological polar surface area (TPSA) is 79.8 Å². The van der Waals surface area contributed by atoms with Gasteiger partial charge in [0.05, 0.1) is 17.0 Å². The van der Waals surface area contributed by atoms with E-state index in [1.807, 2.05) is 11.4 Å². The minimum atomic E-state index is -0.434. The number of nitriles is 1. The zero-order chi connectivity index (χ0) is 9.68. The van der Waals surface area contributed by atoms with Crippen molar-refractivity contribution < 1.29 is 4.79 Å². The fourth-order valence-electron chi connectivity index (χ4n) is 0.948. The van der Waals surface area contributed by atoms with Crippen LogP contribution in [0, 0.1) is 17.2 Å². The van der Waals surface area contributed by atoms with Crippen LogP contribution >= 0.6 is 11.3 Å².